The van der Waals surface area contributed by atoms with E-state index in [2.05, 4.69) is 5.32 Å². The molecule has 0 aromatic heterocycles. The molecular formula is C15H24N2O2. The first-order chi connectivity index (χ1) is 9.28. The molecule has 1 aromatic rings. The van der Waals surface area contributed by atoms with E-state index in [4.69, 9.17) is 15.2 Å². The van der Waals surface area contributed by atoms with E-state index in [9.17, 15) is 0 Å². The number of anilines is 1. The summed E-state index contributed by atoms with van der Waals surface area (Å²) in [6, 6.07) is 6.47. The second kappa shape index (κ2) is 6.66. The fraction of sp³-hybridized carbons (Fsp3) is 0.600. The summed E-state index contributed by atoms with van der Waals surface area (Å²) in [7, 11) is 1.66. The molecule has 2 unspecified atom stereocenters. The van der Waals surface area contributed by atoms with Crippen molar-refractivity contribution in [2.75, 3.05) is 25.6 Å². The molecule has 4 heteroatoms. The fourth-order valence-electron chi connectivity index (χ4n) is 2.76. The van der Waals surface area contributed by atoms with Crippen molar-refractivity contribution >= 4 is 5.69 Å². The number of rotatable bonds is 6. The molecule has 1 fully saturated rings. The molecule has 0 bridgehead atoms. The smallest absolute Gasteiger partial charge is 0.163 e. The van der Waals surface area contributed by atoms with Crippen LogP contribution in [0.3, 0.4) is 0 Å². The number of nitrogens with two attached hydrogens (primary N) is 1. The zero-order valence-corrected chi connectivity index (χ0v) is 11.8. The zero-order chi connectivity index (χ0) is 13.7. The van der Waals surface area contributed by atoms with Crippen LogP contribution in [0.25, 0.3) is 0 Å². The minimum absolute atomic E-state index is 0.480. The van der Waals surface area contributed by atoms with Gasteiger partial charge in [0.25, 0.3) is 0 Å². The van der Waals surface area contributed by atoms with Gasteiger partial charge in [0.1, 0.15) is 0 Å². The van der Waals surface area contributed by atoms with Crippen LogP contribution < -0.4 is 20.5 Å². The predicted octanol–water partition coefficient (Wildman–Crippen LogP) is 2.63. The van der Waals surface area contributed by atoms with Gasteiger partial charge in [-0.2, -0.15) is 0 Å². The maximum Gasteiger partial charge on any atom is 0.163 e. The van der Waals surface area contributed by atoms with Crippen LogP contribution in [0.2, 0.25) is 0 Å². The van der Waals surface area contributed by atoms with Gasteiger partial charge in [0, 0.05) is 17.8 Å². The van der Waals surface area contributed by atoms with E-state index in [1.54, 1.807) is 7.11 Å². The molecular weight excluding hydrogens is 240 g/mol. The van der Waals surface area contributed by atoms with Gasteiger partial charge in [-0.15, -0.1) is 0 Å². The van der Waals surface area contributed by atoms with Crippen LogP contribution in [0.5, 0.6) is 11.5 Å². The summed E-state index contributed by atoms with van der Waals surface area (Å²) in [5.41, 5.74) is 6.89. The first kappa shape index (κ1) is 14.0. The summed E-state index contributed by atoms with van der Waals surface area (Å²) in [5.74, 6) is 2.14. The summed E-state index contributed by atoms with van der Waals surface area (Å²) in [6.07, 6.45) is 3.68. The van der Waals surface area contributed by atoms with E-state index < -0.39 is 0 Å². The van der Waals surface area contributed by atoms with Crippen LogP contribution in [0.15, 0.2) is 18.2 Å². The Morgan fingerprint density at radius 1 is 1.32 bits per heavy atom. The van der Waals surface area contributed by atoms with Gasteiger partial charge in [-0.1, -0.05) is 6.42 Å². The van der Waals surface area contributed by atoms with Crippen molar-refractivity contribution in [2.45, 2.75) is 32.2 Å². The third-order valence-corrected chi connectivity index (χ3v) is 3.78. The van der Waals surface area contributed by atoms with Gasteiger partial charge in [-0.05, 0) is 44.4 Å². The normalized spacial score (nSPS) is 22.3. The van der Waals surface area contributed by atoms with Gasteiger partial charge < -0.3 is 20.5 Å². The molecule has 0 heterocycles. The predicted molar refractivity (Wildman–Crippen MR) is 78.0 cm³/mol. The van der Waals surface area contributed by atoms with Crippen molar-refractivity contribution in [3.05, 3.63) is 18.2 Å². The van der Waals surface area contributed by atoms with Crippen molar-refractivity contribution in [3.8, 4) is 11.5 Å². The van der Waals surface area contributed by atoms with Crippen LogP contribution in [0.1, 0.15) is 26.2 Å². The zero-order valence-electron chi connectivity index (χ0n) is 11.8. The molecule has 1 aliphatic rings. The second-order valence-corrected chi connectivity index (χ2v) is 4.98. The Morgan fingerprint density at radius 3 is 2.84 bits per heavy atom. The molecule has 2 rings (SSSR count). The van der Waals surface area contributed by atoms with Gasteiger partial charge in [0.2, 0.25) is 0 Å². The molecule has 0 radical (unpaired) electrons. The van der Waals surface area contributed by atoms with E-state index in [1.165, 1.54) is 19.3 Å². The lowest BCUT2D eigenvalue weighted by Gasteiger charge is -2.21. The average molecular weight is 264 g/mol. The van der Waals surface area contributed by atoms with Crippen LogP contribution >= 0.6 is 0 Å². The van der Waals surface area contributed by atoms with Crippen molar-refractivity contribution in [1.29, 1.82) is 0 Å². The highest BCUT2D eigenvalue weighted by Crippen LogP contribution is 2.33. The number of methoxy groups -OCH3 is 1. The molecule has 0 aliphatic heterocycles. The SMILES string of the molecule is CCOc1cc(NC2CCCC2CN)ccc1OC. The largest absolute Gasteiger partial charge is 0.493 e. The molecule has 0 saturated heterocycles. The van der Waals surface area contributed by atoms with E-state index >= 15 is 0 Å². The van der Waals surface area contributed by atoms with Gasteiger partial charge >= 0.3 is 0 Å². The number of hydrogen-bond acceptors (Lipinski definition) is 4. The van der Waals surface area contributed by atoms with Gasteiger partial charge in [-0.25, -0.2) is 0 Å². The van der Waals surface area contributed by atoms with E-state index in [-0.39, 0.29) is 0 Å². The maximum absolute atomic E-state index is 5.82. The lowest BCUT2D eigenvalue weighted by molar-refractivity contribution is 0.311. The quantitative estimate of drug-likeness (QED) is 0.829. The summed E-state index contributed by atoms with van der Waals surface area (Å²) >= 11 is 0. The molecule has 2 atom stereocenters. The summed E-state index contributed by atoms with van der Waals surface area (Å²) in [5, 5.41) is 3.58. The van der Waals surface area contributed by atoms with Crippen LogP contribution in [-0.4, -0.2) is 26.3 Å². The molecule has 4 nitrogen and oxygen atoms in total. The Labute approximate surface area is 115 Å². The van der Waals surface area contributed by atoms with Crippen LogP contribution in [-0.2, 0) is 0 Å². The highest BCUT2D eigenvalue weighted by Gasteiger charge is 2.25. The number of ether oxygens (including phenoxy) is 2. The van der Waals surface area contributed by atoms with Crippen molar-refractivity contribution in [2.24, 2.45) is 11.7 Å². The van der Waals surface area contributed by atoms with Gasteiger partial charge in [-0.3, -0.25) is 0 Å². The topological polar surface area (TPSA) is 56.5 Å². The van der Waals surface area contributed by atoms with Crippen molar-refractivity contribution in [1.82, 2.24) is 0 Å². The molecule has 1 aromatic carbocycles. The molecule has 1 aliphatic carbocycles. The summed E-state index contributed by atoms with van der Waals surface area (Å²) in [4.78, 5) is 0. The molecule has 3 N–H and O–H groups in total. The first-order valence-electron chi connectivity index (χ1n) is 7.06. The number of nitrogens with one attached hydrogen (secondary N) is 1. The van der Waals surface area contributed by atoms with Crippen LogP contribution in [0.4, 0.5) is 5.69 Å². The Hall–Kier alpha value is -1.42. The minimum Gasteiger partial charge on any atom is -0.493 e. The van der Waals surface area contributed by atoms with E-state index in [0.29, 0.717) is 18.6 Å². The standard InChI is InChI=1S/C15H24N2O2/c1-3-19-15-9-12(7-8-14(15)18-2)17-13-6-4-5-11(13)10-16/h7-9,11,13,17H,3-6,10,16H2,1-2H3. The Morgan fingerprint density at radius 2 is 2.16 bits per heavy atom. The van der Waals surface area contributed by atoms with E-state index in [0.717, 1.165) is 23.7 Å². The highest BCUT2D eigenvalue weighted by molar-refractivity contribution is 5.55. The number of hydrogen-bond donors (Lipinski definition) is 2. The summed E-state index contributed by atoms with van der Waals surface area (Å²) < 4.78 is 10.9. The molecule has 0 spiro atoms. The Bertz CT molecular complexity index is 409. The van der Waals surface area contributed by atoms with Crippen LogP contribution in [0, 0.1) is 5.92 Å². The van der Waals surface area contributed by atoms with Crippen molar-refractivity contribution < 1.29 is 9.47 Å². The lowest BCUT2D eigenvalue weighted by Crippen LogP contribution is -2.29. The maximum atomic E-state index is 5.82. The third-order valence-electron chi connectivity index (χ3n) is 3.78. The summed E-state index contributed by atoms with van der Waals surface area (Å²) in [6.45, 7) is 3.36. The monoisotopic (exact) mass is 264 g/mol. The van der Waals surface area contributed by atoms with E-state index in [1.807, 2.05) is 25.1 Å². The molecule has 0 amide bonds. The van der Waals surface area contributed by atoms with Crippen molar-refractivity contribution in [3.63, 3.8) is 0 Å². The molecule has 19 heavy (non-hydrogen) atoms. The van der Waals surface area contributed by atoms with Gasteiger partial charge in [0.05, 0.1) is 13.7 Å². The Kier molecular flexibility index (Phi) is 4.91. The second-order valence-electron chi connectivity index (χ2n) is 4.98. The molecule has 106 valence electrons. The number of benzene rings is 1. The molecule has 1 saturated carbocycles. The average Bonchev–Trinajstić information content (AvgIpc) is 2.87. The Balaban J connectivity index is 2.09. The highest BCUT2D eigenvalue weighted by atomic mass is 16.5. The first-order valence-corrected chi connectivity index (χ1v) is 7.06. The minimum atomic E-state index is 0.480. The fourth-order valence-corrected chi connectivity index (χ4v) is 2.76. The third kappa shape index (κ3) is 3.32. The van der Waals surface area contributed by atoms with Gasteiger partial charge in [0.15, 0.2) is 11.5 Å². The lowest BCUT2D eigenvalue weighted by atomic mass is 10.0.